The Morgan fingerprint density at radius 1 is 0.957 bits per heavy atom. The van der Waals surface area contributed by atoms with E-state index in [1.165, 1.54) is 7.11 Å². The highest BCUT2D eigenvalue weighted by Gasteiger charge is 2.09. The van der Waals surface area contributed by atoms with Crippen LogP contribution in [-0.2, 0) is 4.74 Å². The van der Waals surface area contributed by atoms with Gasteiger partial charge in [-0.25, -0.2) is 9.78 Å². The van der Waals surface area contributed by atoms with Crippen LogP contribution < -0.4 is 4.74 Å². The number of thiazole rings is 1. The molecule has 0 atom stereocenters. The van der Waals surface area contributed by atoms with E-state index >= 15 is 0 Å². The zero-order valence-corrected chi connectivity index (χ0v) is 13.6. The van der Waals surface area contributed by atoms with E-state index in [1.54, 1.807) is 30.6 Å². The first-order chi connectivity index (χ1) is 11.2. The van der Waals surface area contributed by atoms with Crippen molar-refractivity contribution in [2.75, 3.05) is 14.2 Å². The highest BCUT2D eigenvalue weighted by atomic mass is 32.1. The summed E-state index contributed by atoms with van der Waals surface area (Å²) in [7, 11) is 3.02. The van der Waals surface area contributed by atoms with E-state index in [0.717, 1.165) is 27.6 Å². The van der Waals surface area contributed by atoms with Crippen LogP contribution in [0.25, 0.3) is 21.8 Å². The van der Waals surface area contributed by atoms with Gasteiger partial charge in [-0.1, -0.05) is 12.1 Å². The van der Waals surface area contributed by atoms with E-state index in [2.05, 4.69) is 4.98 Å². The zero-order chi connectivity index (χ0) is 16.2. The number of carbonyl (C=O) groups is 1. The predicted molar refractivity (Wildman–Crippen MR) is 90.9 cm³/mol. The molecule has 0 unspecified atom stereocenters. The molecule has 0 fully saturated rings. The Balaban J connectivity index is 1.84. The lowest BCUT2D eigenvalue weighted by Crippen LogP contribution is -2.00. The lowest BCUT2D eigenvalue weighted by Gasteiger charge is -2.01. The Morgan fingerprint density at radius 3 is 2.22 bits per heavy atom. The average molecular weight is 325 g/mol. The smallest absolute Gasteiger partial charge is 0.337 e. The summed E-state index contributed by atoms with van der Waals surface area (Å²) in [6.45, 7) is 0. The fraction of sp³-hybridized carbons (Fsp3) is 0.111. The minimum atomic E-state index is -0.338. The third-order valence-corrected chi connectivity index (χ3v) is 4.33. The fourth-order valence-electron chi connectivity index (χ4n) is 2.17. The molecular weight excluding hydrogens is 310 g/mol. The van der Waals surface area contributed by atoms with Gasteiger partial charge in [0.25, 0.3) is 0 Å². The third kappa shape index (κ3) is 3.24. The van der Waals surface area contributed by atoms with Crippen LogP contribution >= 0.6 is 11.3 Å². The monoisotopic (exact) mass is 325 g/mol. The lowest BCUT2D eigenvalue weighted by molar-refractivity contribution is 0.0601. The minimum Gasteiger partial charge on any atom is -0.497 e. The van der Waals surface area contributed by atoms with Gasteiger partial charge in [0.15, 0.2) is 0 Å². The van der Waals surface area contributed by atoms with Gasteiger partial charge in [-0.3, -0.25) is 0 Å². The van der Waals surface area contributed by atoms with Crippen molar-refractivity contribution < 1.29 is 14.3 Å². The van der Waals surface area contributed by atoms with Gasteiger partial charge in [0.1, 0.15) is 10.8 Å². The summed E-state index contributed by atoms with van der Waals surface area (Å²) in [5, 5.41) is 2.93. The molecule has 1 heterocycles. The predicted octanol–water partition coefficient (Wildman–Crippen LogP) is 4.27. The van der Waals surface area contributed by atoms with Crippen molar-refractivity contribution in [1.82, 2.24) is 4.98 Å². The summed E-state index contributed by atoms with van der Waals surface area (Å²) >= 11 is 1.57. The first kappa shape index (κ1) is 15.2. The zero-order valence-electron chi connectivity index (χ0n) is 12.8. The molecule has 3 aromatic rings. The van der Waals surface area contributed by atoms with Crippen molar-refractivity contribution >= 4 is 17.3 Å². The number of ether oxygens (including phenoxy) is 2. The van der Waals surface area contributed by atoms with Crippen LogP contribution in [-0.4, -0.2) is 25.2 Å². The number of carbonyl (C=O) groups excluding carboxylic acids is 1. The van der Waals surface area contributed by atoms with Gasteiger partial charge in [-0.15, -0.1) is 11.3 Å². The number of nitrogens with zero attached hydrogens (tertiary/aromatic N) is 1. The molecule has 0 aliphatic rings. The molecule has 1 aromatic heterocycles. The summed E-state index contributed by atoms with van der Waals surface area (Å²) in [6, 6.07) is 15.0. The van der Waals surface area contributed by atoms with Crippen molar-refractivity contribution in [3.05, 3.63) is 59.5 Å². The van der Waals surface area contributed by atoms with E-state index < -0.39 is 0 Å². The number of rotatable bonds is 4. The number of benzene rings is 2. The second-order valence-electron chi connectivity index (χ2n) is 4.84. The molecule has 4 nitrogen and oxygen atoms in total. The summed E-state index contributed by atoms with van der Waals surface area (Å²) < 4.78 is 9.86. The second-order valence-corrected chi connectivity index (χ2v) is 5.69. The van der Waals surface area contributed by atoms with Crippen molar-refractivity contribution in [2.24, 2.45) is 0 Å². The summed E-state index contributed by atoms with van der Waals surface area (Å²) in [5.41, 5.74) is 3.47. The van der Waals surface area contributed by atoms with E-state index in [-0.39, 0.29) is 5.97 Å². The highest BCUT2D eigenvalue weighted by molar-refractivity contribution is 7.13. The topological polar surface area (TPSA) is 48.4 Å². The van der Waals surface area contributed by atoms with Gasteiger partial charge >= 0.3 is 5.97 Å². The first-order valence-corrected chi connectivity index (χ1v) is 7.88. The van der Waals surface area contributed by atoms with Crippen LogP contribution in [0.1, 0.15) is 10.4 Å². The molecule has 116 valence electrons. The molecule has 0 spiro atoms. The Labute approximate surface area is 138 Å². The SMILES string of the molecule is COC(=O)c1ccc(-c2nc(-c3ccc(OC)cc3)cs2)cc1. The maximum Gasteiger partial charge on any atom is 0.337 e. The van der Waals surface area contributed by atoms with Crippen LogP contribution in [0.15, 0.2) is 53.9 Å². The Hall–Kier alpha value is -2.66. The van der Waals surface area contributed by atoms with E-state index in [9.17, 15) is 4.79 Å². The third-order valence-electron chi connectivity index (χ3n) is 3.44. The number of aromatic nitrogens is 1. The Bertz CT molecular complexity index is 807. The molecular formula is C18H15NO3S. The first-order valence-electron chi connectivity index (χ1n) is 7.00. The molecule has 23 heavy (non-hydrogen) atoms. The van der Waals surface area contributed by atoms with Gasteiger partial charge in [0.05, 0.1) is 25.5 Å². The van der Waals surface area contributed by atoms with E-state index in [0.29, 0.717) is 5.56 Å². The molecule has 0 bridgehead atoms. The van der Waals surface area contributed by atoms with Crippen LogP contribution in [0.2, 0.25) is 0 Å². The summed E-state index contributed by atoms with van der Waals surface area (Å²) in [4.78, 5) is 16.1. The van der Waals surface area contributed by atoms with Gasteiger partial charge in [-0.2, -0.15) is 0 Å². The fourth-order valence-corrected chi connectivity index (χ4v) is 3.00. The van der Waals surface area contributed by atoms with Gasteiger partial charge in [-0.05, 0) is 36.4 Å². The van der Waals surface area contributed by atoms with E-state index in [4.69, 9.17) is 9.47 Å². The standard InChI is InChI=1S/C18H15NO3S/c1-21-15-9-7-12(8-10-15)16-11-23-17(19-16)13-3-5-14(6-4-13)18(20)22-2/h3-11H,1-2H3. The largest absolute Gasteiger partial charge is 0.497 e. The number of hydrogen-bond donors (Lipinski definition) is 0. The van der Waals surface area contributed by atoms with Crippen LogP contribution in [0.3, 0.4) is 0 Å². The normalized spacial score (nSPS) is 10.3. The number of esters is 1. The summed E-state index contributed by atoms with van der Waals surface area (Å²) in [6.07, 6.45) is 0. The molecule has 0 N–H and O–H groups in total. The molecule has 0 saturated carbocycles. The molecule has 0 radical (unpaired) electrons. The van der Waals surface area contributed by atoms with Crippen LogP contribution in [0, 0.1) is 0 Å². The molecule has 2 aromatic carbocycles. The maximum atomic E-state index is 11.5. The Kier molecular flexibility index (Phi) is 4.39. The van der Waals surface area contributed by atoms with Crippen molar-refractivity contribution in [3.63, 3.8) is 0 Å². The quantitative estimate of drug-likeness (QED) is 0.672. The molecule has 0 saturated heterocycles. The molecule has 5 heteroatoms. The molecule has 3 rings (SSSR count). The molecule has 0 aliphatic heterocycles. The lowest BCUT2D eigenvalue weighted by atomic mass is 10.1. The molecule has 0 amide bonds. The maximum absolute atomic E-state index is 11.5. The van der Waals surface area contributed by atoms with Gasteiger partial charge in [0, 0.05) is 16.5 Å². The molecule has 0 aliphatic carbocycles. The summed E-state index contributed by atoms with van der Waals surface area (Å²) in [5.74, 6) is 0.484. The average Bonchev–Trinajstić information content (AvgIpc) is 3.11. The highest BCUT2D eigenvalue weighted by Crippen LogP contribution is 2.29. The van der Waals surface area contributed by atoms with E-state index in [1.807, 2.05) is 41.8 Å². The Morgan fingerprint density at radius 2 is 1.61 bits per heavy atom. The van der Waals surface area contributed by atoms with Gasteiger partial charge in [0.2, 0.25) is 0 Å². The second kappa shape index (κ2) is 6.62. The van der Waals surface area contributed by atoms with Gasteiger partial charge < -0.3 is 9.47 Å². The number of methoxy groups -OCH3 is 2. The van der Waals surface area contributed by atoms with Crippen molar-refractivity contribution in [3.8, 4) is 27.6 Å². The van der Waals surface area contributed by atoms with Crippen LogP contribution in [0.4, 0.5) is 0 Å². The van der Waals surface area contributed by atoms with Crippen molar-refractivity contribution in [1.29, 1.82) is 0 Å². The van der Waals surface area contributed by atoms with Crippen molar-refractivity contribution in [2.45, 2.75) is 0 Å². The van der Waals surface area contributed by atoms with Crippen LogP contribution in [0.5, 0.6) is 5.75 Å². The minimum absolute atomic E-state index is 0.338. The number of hydrogen-bond acceptors (Lipinski definition) is 5.